The van der Waals surface area contributed by atoms with E-state index in [9.17, 15) is 0 Å². The van der Waals surface area contributed by atoms with Crippen LogP contribution in [0, 0.1) is 12.3 Å². The van der Waals surface area contributed by atoms with Crippen LogP contribution in [0.2, 0.25) is 0 Å². The maximum absolute atomic E-state index is 5.38. The molecule has 0 bridgehead atoms. The number of rotatable bonds is 8. The Morgan fingerprint density at radius 2 is 2.17 bits per heavy atom. The van der Waals surface area contributed by atoms with Gasteiger partial charge in [0, 0.05) is 19.3 Å². The van der Waals surface area contributed by atoms with Crippen molar-refractivity contribution in [1.82, 2.24) is 15.3 Å². The van der Waals surface area contributed by atoms with Crippen LogP contribution in [0.25, 0.3) is 0 Å². The third-order valence-electron chi connectivity index (χ3n) is 2.50. The molecule has 0 spiro atoms. The van der Waals surface area contributed by atoms with Gasteiger partial charge in [-0.15, -0.1) is 6.42 Å². The highest BCUT2D eigenvalue weighted by atomic mass is 15.2. The summed E-state index contributed by atoms with van der Waals surface area (Å²) in [6.45, 7) is 7.51. The van der Waals surface area contributed by atoms with Crippen molar-refractivity contribution in [2.75, 3.05) is 24.5 Å². The van der Waals surface area contributed by atoms with Crippen molar-refractivity contribution in [1.29, 1.82) is 0 Å². The average Bonchev–Trinajstić information content (AvgIpc) is 2.39. The van der Waals surface area contributed by atoms with Crippen molar-refractivity contribution >= 4 is 5.82 Å². The third-order valence-corrected chi connectivity index (χ3v) is 2.50. The zero-order valence-corrected chi connectivity index (χ0v) is 11.3. The van der Waals surface area contributed by atoms with Gasteiger partial charge in [0.2, 0.25) is 0 Å². The van der Waals surface area contributed by atoms with Crippen molar-refractivity contribution in [3.8, 4) is 12.3 Å². The molecule has 0 fully saturated rings. The van der Waals surface area contributed by atoms with Crippen LogP contribution in [0.4, 0.5) is 5.82 Å². The fraction of sp³-hybridized carbons (Fsp3) is 0.571. The van der Waals surface area contributed by atoms with Crippen LogP contribution in [-0.4, -0.2) is 29.6 Å². The van der Waals surface area contributed by atoms with Gasteiger partial charge < -0.3 is 10.2 Å². The molecule has 1 heterocycles. The van der Waals surface area contributed by atoms with E-state index in [1.54, 1.807) is 12.4 Å². The Morgan fingerprint density at radius 3 is 2.83 bits per heavy atom. The standard InChI is InChI=1S/C14H22N4/c1-4-7-15-10-13-11-16-12-14(17-13)18(8-5-2)9-6-3/h2,11-12,15H,4,6-10H2,1,3H3. The molecule has 4 nitrogen and oxygen atoms in total. The predicted molar refractivity (Wildman–Crippen MR) is 75.4 cm³/mol. The Bertz CT molecular complexity index is 384. The van der Waals surface area contributed by atoms with Crippen molar-refractivity contribution in [3.63, 3.8) is 0 Å². The number of nitrogens with one attached hydrogen (secondary N) is 1. The molecule has 1 N–H and O–H groups in total. The Morgan fingerprint density at radius 1 is 1.33 bits per heavy atom. The molecular weight excluding hydrogens is 224 g/mol. The number of aromatic nitrogens is 2. The monoisotopic (exact) mass is 246 g/mol. The highest BCUT2D eigenvalue weighted by molar-refractivity contribution is 5.38. The molecule has 98 valence electrons. The van der Waals surface area contributed by atoms with E-state index in [-0.39, 0.29) is 0 Å². The third kappa shape index (κ3) is 4.72. The van der Waals surface area contributed by atoms with E-state index in [4.69, 9.17) is 6.42 Å². The van der Waals surface area contributed by atoms with Gasteiger partial charge in [-0.3, -0.25) is 4.98 Å². The zero-order chi connectivity index (χ0) is 13.2. The van der Waals surface area contributed by atoms with E-state index in [2.05, 4.69) is 40.0 Å². The molecule has 0 amide bonds. The van der Waals surface area contributed by atoms with E-state index in [0.717, 1.165) is 44.0 Å². The van der Waals surface area contributed by atoms with E-state index < -0.39 is 0 Å². The largest absolute Gasteiger partial charge is 0.344 e. The quantitative estimate of drug-likeness (QED) is 0.561. The first kappa shape index (κ1) is 14.5. The van der Waals surface area contributed by atoms with Gasteiger partial charge in [-0.25, -0.2) is 4.98 Å². The van der Waals surface area contributed by atoms with Crippen LogP contribution in [0.3, 0.4) is 0 Å². The maximum Gasteiger partial charge on any atom is 0.148 e. The minimum Gasteiger partial charge on any atom is -0.344 e. The van der Waals surface area contributed by atoms with Crippen LogP contribution in [0.1, 0.15) is 32.4 Å². The molecule has 0 aliphatic heterocycles. The Balaban J connectivity index is 2.69. The molecule has 0 aliphatic carbocycles. The summed E-state index contributed by atoms with van der Waals surface area (Å²) in [5, 5.41) is 3.32. The number of terminal acetylenes is 1. The SMILES string of the molecule is C#CCN(CCC)c1cncc(CNCCC)n1. The van der Waals surface area contributed by atoms with Crippen molar-refractivity contribution in [2.24, 2.45) is 0 Å². The number of hydrogen-bond donors (Lipinski definition) is 1. The lowest BCUT2D eigenvalue weighted by atomic mass is 10.3. The average molecular weight is 246 g/mol. The first-order chi connectivity index (χ1) is 8.81. The normalized spacial score (nSPS) is 10.1. The second kappa shape index (κ2) is 8.48. The van der Waals surface area contributed by atoms with Gasteiger partial charge in [-0.05, 0) is 19.4 Å². The lowest BCUT2D eigenvalue weighted by molar-refractivity contribution is 0.660. The topological polar surface area (TPSA) is 41.1 Å². The molecule has 4 heteroatoms. The number of anilines is 1. The van der Waals surface area contributed by atoms with Crippen LogP contribution in [-0.2, 0) is 6.54 Å². The van der Waals surface area contributed by atoms with Crippen molar-refractivity contribution in [3.05, 3.63) is 18.1 Å². The lowest BCUT2D eigenvalue weighted by Gasteiger charge is -2.20. The van der Waals surface area contributed by atoms with Crippen LogP contribution in [0.15, 0.2) is 12.4 Å². The van der Waals surface area contributed by atoms with Crippen LogP contribution >= 0.6 is 0 Å². The highest BCUT2D eigenvalue weighted by Gasteiger charge is 2.06. The number of nitrogens with zero attached hydrogens (tertiary/aromatic N) is 3. The molecule has 0 unspecified atom stereocenters. The summed E-state index contributed by atoms with van der Waals surface area (Å²) in [5.41, 5.74) is 0.957. The van der Waals surface area contributed by atoms with E-state index >= 15 is 0 Å². The minimum absolute atomic E-state index is 0.578. The smallest absolute Gasteiger partial charge is 0.148 e. The summed E-state index contributed by atoms with van der Waals surface area (Å²) < 4.78 is 0. The van der Waals surface area contributed by atoms with E-state index in [0.29, 0.717) is 6.54 Å². The van der Waals surface area contributed by atoms with Crippen molar-refractivity contribution in [2.45, 2.75) is 33.2 Å². The summed E-state index contributed by atoms with van der Waals surface area (Å²) in [4.78, 5) is 10.9. The van der Waals surface area contributed by atoms with Gasteiger partial charge in [0.1, 0.15) is 5.82 Å². The predicted octanol–water partition coefficient (Wildman–Crippen LogP) is 1.83. The molecule has 0 saturated heterocycles. The molecule has 0 aliphatic rings. The van der Waals surface area contributed by atoms with E-state index in [1.165, 1.54) is 0 Å². The molecule has 1 rings (SSSR count). The summed E-state index contributed by atoms with van der Waals surface area (Å²) in [7, 11) is 0. The van der Waals surface area contributed by atoms with Gasteiger partial charge >= 0.3 is 0 Å². The second-order valence-corrected chi connectivity index (χ2v) is 4.17. The number of hydrogen-bond acceptors (Lipinski definition) is 4. The fourth-order valence-corrected chi connectivity index (χ4v) is 1.68. The summed E-state index contributed by atoms with van der Waals surface area (Å²) in [6.07, 6.45) is 11.1. The molecule has 1 aromatic heterocycles. The first-order valence-corrected chi connectivity index (χ1v) is 6.51. The summed E-state index contributed by atoms with van der Waals surface area (Å²) >= 11 is 0. The van der Waals surface area contributed by atoms with E-state index in [1.807, 2.05) is 0 Å². The second-order valence-electron chi connectivity index (χ2n) is 4.17. The lowest BCUT2D eigenvalue weighted by Crippen LogP contribution is -2.26. The van der Waals surface area contributed by atoms with Crippen molar-refractivity contribution < 1.29 is 0 Å². The Kier molecular flexibility index (Phi) is 6.82. The summed E-state index contributed by atoms with van der Waals surface area (Å²) in [5.74, 6) is 3.53. The van der Waals surface area contributed by atoms with Gasteiger partial charge in [0.25, 0.3) is 0 Å². The van der Waals surface area contributed by atoms with Gasteiger partial charge in [0.05, 0.1) is 18.4 Å². The Labute approximate surface area is 110 Å². The zero-order valence-electron chi connectivity index (χ0n) is 11.3. The molecular formula is C14H22N4. The fourth-order valence-electron chi connectivity index (χ4n) is 1.68. The molecule has 1 aromatic rings. The van der Waals surface area contributed by atoms with Gasteiger partial charge in [-0.1, -0.05) is 19.8 Å². The molecule has 0 saturated carbocycles. The molecule has 0 atom stereocenters. The van der Waals surface area contributed by atoms with Crippen LogP contribution < -0.4 is 10.2 Å². The minimum atomic E-state index is 0.578. The molecule has 0 aromatic carbocycles. The van der Waals surface area contributed by atoms with Gasteiger partial charge in [-0.2, -0.15) is 0 Å². The maximum atomic E-state index is 5.38. The van der Waals surface area contributed by atoms with Crippen LogP contribution in [0.5, 0.6) is 0 Å². The molecule has 18 heavy (non-hydrogen) atoms. The highest BCUT2D eigenvalue weighted by Crippen LogP contribution is 2.09. The van der Waals surface area contributed by atoms with Gasteiger partial charge in [0.15, 0.2) is 0 Å². The first-order valence-electron chi connectivity index (χ1n) is 6.51. The Hall–Kier alpha value is -1.60. The summed E-state index contributed by atoms with van der Waals surface area (Å²) in [6, 6.07) is 0. The molecule has 0 radical (unpaired) electrons.